The number of nitrogens with zero attached hydrogens (tertiary/aromatic N) is 2. The molecule has 10 atom stereocenters. The highest BCUT2D eigenvalue weighted by Crippen LogP contribution is 2.27. The lowest BCUT2D eigenvalue weighted by Crippen LogP contribution is -2.61. The lowest BCUT2D eigenvalue weighted by Gasteiger charge is -2.29. The number of amides is 13. The van der Waals surface area contributed by atoms with Gasteiger partial charge in [0.1, 0.15) is 48.3 Å². The number of carbonyl (C=O) groups excluding carboxylic acids is 13. The highest BCUT2D eigenvalue weighted by molar-refractivity contribution is 5.99. The van der Waals surface area contributed by atoms with Gasteiger partial charge in [-0.15, -0.1) is 0 Å². The Labute approximate surface area is 545 Å². The monoisotopic (exact) mass is 1330 g/mol. The van der Waals surface area contributed by atoms with E-state index in [9.17, 15) is 77.3 Å². The number of nitrogens with two attached hydrogens (primary N) is 5. The number of hydrogen-bond donors (Lipinski definition) is 19. The molecule has 1 aromatic carbocycles. The van der Waals surface area contributed by atoms with Crippen LogP contribution in [0.1, 0.15) is 124 Å². The van der Waals surface area contributed by atoms with Gasteiger partial charge in [0.05, 0.1) is 39.2 Å². The van der Waals surface area contributed by atoms with Gasteiger partial charge in [-0.05, 0) is 55.4 Å². The molecule has 0 unspecified atom stereocenters. The molecule has 0 aliphatic heterocycles. The fourth-order valence-electron chi connectivity index (χ4n) is 9.73. The van der Waals surface area contributed by atoms with Gasteiger partial charge in [-0.1, -0.05) is 103 Å². The van der Waals surface area contributed by atoms with E-state index in [0.29, 0.717) is 12.0 Å². The molecule has 0 spiro atoms. The second kappa shape index (κ2) is 43.2. The van der Waals surface area contributed by atoms with Gasteiger partial charge in [0, 0.05) is 26.4 Å². The van der Waals surface area contributed by atoms with Gasteiger partial charge in [-0.3, -0.25) is 77.1 Å². The summed E-state index contributed by atoms with van der Waals surface area (Å²) in [5, 5.41) is 49.3. The number of aliphatic hydroxyl groups excluding tert-OH is 1. The van der Waals surface area contributed by atoms with Crippen molar-refractivity contribution >= 4 is 94.7 Å². The van der Waals surface area contributed by atoms with Crippen LogP contribution in [0.3, 0.4) is 0 Å². The van der Waals surface area contributed by atoms with E-state index < -0.39 is 182 Å². The Morgan fingerprint density at radius 3 is 1.45 bits per heavy atom. The minimum Gasteiger partial charge on any atom is -0.481 e. The fourth-order valence-corrected chi connectivity index (χ4v) is 9.73. The fraction of sp³-hybridized carbons (Fsp3) is 0.627. The second-order valence-corrected chi connectivity index (χ2v) is 22.9. The number of carboxylic acids is 1. The maximum atomic E-state index is 14.2. The summed E-state index contributed by atoms with van der Waals surface area (Å²) in [5.41, 5.74) is 27.8. The summed E-state index contributed by atoms with van der Waals surface area (Å²) < 4.78 is 0. The van der Waals surface area contributed by atoms with Crippen molar-refractivity contribution in [3.8, 4) is 0 Å². The number of aliphatic carboxylic acids is 1. The summed E-state index contributed by atoms with van der Waals surface area (Å²) in [5.74, 6) is -14.6. The van der Waals surface area contributed by atoms with E-state index in [-0.39, 0.29) is 75.9 Å². The van der Waals surface area contributed by atoms with Gasteiger partial charge in [0.15, 0.2) is 11.9 Å². The third kappa shape index (κ3) is 32.0. The number of primary amides is 1. The molecule has 0 heterocycles. The third-order valence-corrected chi connectivity index (χ3v) is 15.2. The van der Waals surface area contributed by atoms with Gasteiger partial charge in [-0.2, -0.15) is 0 Å². The van der Waals surface area contributed by atoms with Crippen molar-refractivity contribution < 1.29 is 77.3 Å². The van der Waals surface area contributed by atoms with Crippen molar-refractivity contribution in [3.05, 3.63) is 35.9 Å². The van der Waals surface area contributed by atoms with Crippen molar-refractivity contribution in [3.63, 3.8) is 0 Å². The summed E-state index contributed by atoms with van der Waals surface area (Å²) in [4.78, 5) is 193. The van der Waals surface area contributed by atoms with Crippen molar-refractivity contribution in [1.82, 2.24) is 63.8 Å². The van der Waals surface area contributed by atoms with Crippen LogP contribution >= 0.6 is 0 Å². The van der Waals surface area contributed by atoms with Crippen LogP contribution in [0.15, 0.2) is 40.3 Å². The highest BCUT2D eigenvalue weighted by atomic mass is 16.4. The first-order valence-corrected chi connectivity index (χ1v) is 31.2. The second-order valence-electron chi connectivity index (χ2n) is 22.9. The van der Waals surface area contributed by atoms with Crippen LogP contribution in [-0.2, 0) is 73.5 Å². The first-order chi connectivity index (χ1) is 44.5. The molecular formula is C59H97N19O16. The number of aliphatic imine (C=N–C) groups is 2. The zero-order chi connectivity index (χ0) is 70.5. The summed E-state index contributed by atoms with van der Waals surface area (Å²) in [6.45, 7) is 4.24. The van der Waals surface area contributed by atoms with Gasteiger partial charge in [0.2, 0.25) is 76.8 Å². The normalized spacial score (nSPS) is 15.1. The molecule has 0 radical (unpaired) electrons. The molecule has 1 fully saturated rings. The average Bonchev–Trinajstić information content (AvgIpc) is 0.942. The first kappa shape index (κ1) is 80.4. The predicted molar refractivity (Wildman–Crippen MR) is 342 cm³/mol. The van der Waals surface area contributed by atoms with Crippen molar-refractivity contribution in [2.45, 2.75) is 173 Å². The van der Waals surface area contributed by atoms with E-state index in [4.69, 9.17) is 28.7 Å². The number of carbonyl (C=O) groups is 14. The SMILES string of the molecule is CC[C@H](C)[C@H](NC(=O)[C@H](CCCN=C(N)N)NC(=O)[C@H](CC(=O)O)NC(=O)[C@@H](NC(=O)[C@H](CCCN=C(N)N)NC(=O)CNC(=O)CNC(=O)[C@H](CC1CCCCC1)NC(=O)CNC(=O)[C@H](CO)NC(=O)[C@@H](Cc1ccccc1)NC(C)=O)[C@@H](C)CC)C(=O)NCC(N)=O. The number of guanidine groups is 2. The van der Waals surface area contributed by atoms with E-state index in [2.05, 4.69) is 73.8 Å². The molecule has 1 saturated carbocycles. The van der Waals surface area contributed by atoms with Crippen molar-refractivity contribution in [2.24, 2.45) is 56.4 Å². The maximum Gasteiger partial charge on any atom is 0.305 e. The molecule has 1 aliphatic carbocycles. The smallest absolute Gasteiger partial charge is 0.305 e. The predicted octanol–water partition coefficient (Wildman–Crippen LogP) is -6.29. The molecule has 524 valence electrons. The van der Waals surface area contributed by atoms with E-state index >= 15 is 0 Å². The quantitative estimate of drug-likeness (QED) is 0.0164. The number of rotatable bonds is 43. The van der Waals surface area contributed by atoms with Gasteiger partial charge in [0.25, 0.3) is 0 Å². The molecule has 35 heteroatoms. The maximum absolute atomic E-state index is 14.2. The van der Waals surface area contributed by atoms with E-state index in [0.717, 1.165) is 32.1 Å². The first-order valence-electron chi connectivity index (χ1n) is 31.2. The molecular weight excluding hydrogens is 1230 g/mol. The molecule has 0 saturated heterocycles. The standard InChI is InChI=1S/C59H97N19O16/c1-6-32(3)48(56(93)68-27-43(60)81)77-53(90)38(21-15-23-66-59(63)64)74-55(92)41(26-47(85)86)75-57(94)49(33(4)7-2)78-52(89)37(20-14-22-65-58(61)62)72-45(83)29-67-44(82)28-69-50(87)39(24-35-16-10-8-11-17-35)73-46(84)30-70-51(88)42(31-79)76-54(91)40(71-34(5)80)25-36-18-12-9-13-19-36/h9,12-13,18-19,32-33,35,37-42,48-49,79H,6-8,10-11,14-17,20-31H2,1-5H3,(H2,60,81)(H,67,82)(H,68,93)(H,69,87)(H,70,88)(H,71,80)(H,72,83)(H,73,84)(H,74,92)(H,75,94)(H,76,91)(H,77,90)(H,78,89)(H,85,86)(H4,61,62,65)(H4,63,64,66)/t32-,33-,37-,38-,39-,40+,41-,42-,48-,49-/m0/s1. The Kier molecular flexibility index (Phi) is 36.9. The van der Waals surface area contributed by atoms with Crippen LogP contribution < -0.4 is 92.5 Å². The topological polar surface area (TPSA) is 579 Å². The Bertz CT molecular complexity index is 2800. The number of benzene rings is 1. The molecule has 94 heavy (non-hydrogen) atoms. The van der Waals surface area contributed by atoms with Gasteiger partial charge < -0.3 is 103 Å². The number of hydrogen-bond acceptors (Lipinski definition) is 17. The van der Waals surface area contributed by atoms with Crippen LogP contribution in [0.5, 0.6) is 0 Å². The number of aliphatic hydroxyl groups is 1. The van der Waals surface area contributed by atoms with Crippen LogP contribution in [0, 0.1) is 17.8 Å². The number of nitrogens with one attached hydrogen (secondary N) is 12. The summed E-state index contributed by atoms with van der Waals surface area (Å²) in [7, 11) is 0. The lowest BCUT2D eigenvalue weighted by atomic mass is 9.84. The largest absolute Gasteiger partial charge is 0.481 e. The summed E-state index contributed by atoms with van der Waals surface area (Å²) >= 11 is 0. The third-order valence-electron chi connectivity index (χ3n) is 15.2. The van der Waals surface area contributed by atoms with Gasteiger partial charge >= 0.3 is 5.97 Å². The van der Waals surface area contributed by atoms with Gasteiger partial charge in [-0.25, -0.2) is 0 Å². The van der Waals surface area contributed by atoms with Crippen molar-refractivity contribution in [2.75, 3.05) is 45.9 Å². The lowest BCUT2D eigenvalue weighted by molar-refractivity contribution is -0.142. The molecule has 0 bridgehead atoms. The Hall–Kier alpha value is -9.70. The van der Waals surface area contributed by atoms with E-state index in [1.807, 2.05) is 0 Å². The van der Waals surface area contributed by atoms with Crippen LogP contribution in [0.4, 0.5) is 0 Å². The molecule has 0 aromatic heterocycles. The van der Waals surface area contributed by atoms with Crippen LogP contribution in [-0.4, -0.2) is 199 Å². The molecule has 1 aliphatic rings. The molecule has 2 rings (SSSR count). The Morgan fingerprint density at radius 2 is 0.947 bits per heavy atom. The molecule has 35 nitrogen and oxygen atoms in total. The summed E-state index contributed by atoms with van der Waals surface area (Å²) in [6, 6.07) is -2.66. The average molecular weight is 1330 g/mol. The Balaban J connectivity index is 2.24. The number of carboxylic acid groups (broad SMARTS) is 1. The van der Waals surface area contributed by atoms with E-state index in [1.165, 1.54) is 6.92 Å². The minimum absolute atomic E-state index is 0.00795. The summed E-state index contributed by atoms with van der Waals surface area (Å²) in [6.07, 6.45) is 3.87. The molecule has 13 amide bonds. The zero-order valence-electron chi connectivity index (χ0n) is 54.0. The van der Waals surface area contributed by atoms with Crippen LogP contribution in [0.25, 0.3) is 0 Å². The molecule has 1 aromatic rings. The highest BCUT2D eigenvalue weighted by Gasteiger charge is 2.37. The Morgan fingerprint density at radius 1 is 0.500 bits per heavy atom. The van der Waals surface area contributed by atoms with Crippen LogP contribution in [0.2, 0.25) is 0 Å². The molecule has 24 N–H and O–H groups in total. The van der Waals surface area contributed by atoms with E-state index in [1.54, 1.807) is 58.0 Å². The zero-order valence-corrected chi connectivity index (χ0v) is 54.0. The minimum atomic E-state index is -1.88. The van der Waals surface area contributed by atoms with Crippen molar-refractivity contribution in [1.29, 1.82) is 0 Å².